The van der Waals surface area contributed by atoms with Crippen LogP contribution in [0, 0.1) is 0 Å². The van der Waals surface area contributed by atoms with Gasteiger partial charge < -0.3 is 5.32 Å². The zero-order chi connectivity index (χ0) is 12.8. The number of carbonyl (C=O) groups is 1. The van der Waals surface area contributed by atoms with Crippen LogP contribution in [-0.2, 0) is 11.3 Å². The van der Waals surface area contributed by atoms with E-state index in [0.29, 0.717) is 6.54 Å². The van der Waals surface area contributed by atoms with Gasteiger partial charge >= 0.3 is 0 Å². The van der Waals surface area contributed by atoms with Gasteiger partial charge in [-0.15, -0.1) is 11.3 Å². The Bertz CT molecular complexity index is 548. The van der Waals surface area contributed by atoms with Gasteiger partial charge in [0, 0.05) is 15.4 Å². The van der Waals surface area contributed by atoms with E-state index in [1.165, 1.54) is 0 Å². The lowest BCUT2D eigenvalue weighted by atomic mass is 10.2. The number of hydrogen-bond acceptors (Lipinski definition) is 2. The van der Waals surface area contributed by atoms with E-state index >= 15 is 0 Å². The number of nitrogens with one attached hydrogen (secondary N) is 1. The maximum atomic E-state index is 11.6. The summed E-state index contributed by atoms with van der Waals surface area (Å²) in [5.41, 5.74) is 1.02. The lowest BCUT2D eigenvalue weighted by molar-refractivity contribution is -0.116. The highest BCUT2D eigenvalue weighted by Crippen LogP contribution is 2.22. The van der Waals surface area contributed by atoms with Crippen LogP contribution < -0.4 is 5.32 Å². The topological polar surface area (TPSA) is 29.1 Å². The molecule has 0 aliphatic carbocycles. The Balaban J connectivity index is 1.86. The summed E-state index contributed by atoms with van der Waals surface area (Å²) in [6.07, 6.45) is 3.36. The monoisotopic (exact) mass is 321 g/mol. The fourth-order valence-electron chi connectivity index (χ4n) is 1.41. The second-order valence-electron chi connectivity index (χ2n) is 3.65. The Morgan fingerprint density at radius 1 is 1.28 bits per heavy atom. The molecule has 1 heterocycles. The predicted octanol–water partition coefficient (Wildman–Crippen LogP) is 3.84. The molecule has 0 spiro atoms. The van der Waals surface area contributed by atoms with Crippen LogP contribution in [0.15, 0.2) is 52.3 Å². The van der Waals surface area contributed by atoms with Crippen molar-refractivity contribution >= 4 is 39.2 Å². The zero-order valence-electron chi connectivity index (χ0n) is 9.60. The predicted molar refractivity (Wildman–Crippen MR) is 79.3 cm³/mol. The molecule has 0 saturated heterocycles. The minimum atomic E-state index is -0.0841. The normalized spacial score (nSPS) is 10.7. The molecule has 0 bridgehead atoms. The van der Waals surface area contributed by atoms with E-state index in [4.69, 9.17) is 0 Å². The number of rotatable bonds is 4. The molecule has 18 heavy (non-hydrogen) atoms. The minimum absolute atomic E-state index is 0.0841. The first-order valence-corrected chi connectivity index (χ1v) is 7.16. The molecule has 92 valence electrons. The van der Waals surface area contributed by atoms with Crippen molar-refractivity contribution in [1.29, 1.82) is 0 Å². The SMILES string of the molecule is O=C(C=Cc1ccccc1)NCc1sccc1Br. The molecule has 0 atom stereocenters. The second kappa shape index (κ2) is 6.52. The van der Waals surface area contributed by atoms with E-state index in [0.717, 1.165) is 14.9 Å². The first-order chi connectivity index (χ1) is 8.75. The van der Waals surface area contributed by atoms with Gasteiger partial charge in [-0.25, -0.2) is 0 Å². The van der Waals surface area contributed by atoms with Crippen LogP contribution in [-0.4, -0.2) is 5.91 Å². The van der Waals surface area contributed by atoms with Crippen LogP contribution in [0.1, 0.15) is 10.4 Å². The van der Waals surface area contributed by atoms with Crippen molar-refractivity contribution in [3.05, 3.63) is 62.8 Å². The maximum Gasteiger partial charge on any atom is 0.244 e. The number of amides is 1. The Kier molecular flexibility index (Phi) is 4.73. The van der Waals surface area contributed by atoms with Crippen LogP contribution in [0.3, 0.4) is 0 Å². The number of carbonyl (C=O) groups excluding carboxylic acids is 1. The maximum absolute atomic E-state index is 11.6. The van der Waals surface area contributed by atoms with E-state index in [1.807, 2.05) is 41.8 Å². The molecule has 0 aliphatic rings. The molecule has 0 radical (unpaired) electrons. The second-order valence-corrected chi connectivity index (χ2v) is 5.51. The molecular formula is C14H12BrNOS. The van der Waals surface area contributed by atoms with Crippen molar-refractivity contribution in [2.45, 2.75) is 6.54 Å². The average molecular weight is 322 g/mol. The average Bonchev–Trinajstić information content (AvgIpc) is 2.81. The zero-order valence-corrected chi connectivity index (χ0v) is 12.0. The van der Waals surface area contributed by atoms with E-state index < -0.39 is 0 Å². The summed E-state index contributed by atoms with van der Waals surface area (Å²) in [5.74, 6) is -0.0841. The third-order valence-corrected chi connectivity index (χ3v) is 4.27. The highest BCUT2D eigenvalue weighted by Gasteiger charge is 2.02. The summed E-state index contributed by atoms with van der Waals surface area (Å²) in [6, 6.07) is 11.7. The summed E-state index contributed by atoms with van der Waals surface area (Å²) in [4.78, 5) is 12.7. The van der Waals surface area contributed by atoms with Gasteiger partial charge in [-0.1, -0.05) is 30.3 Å². The van der Waals surface area contributed by atoms with Crippen LogP contribution in [0.2, 0.25) is 0 Å². The summed E-state index contributed by atoms with van der Waals surface area (Å²) in [6.45, 7) is 0.552. The fourth-order valence-corrected chi connectivity index (χ4v) is 2.85. The molecule has 2 rings (SSSR count). The third-order valence-electron chi connectivity index (χ3n) is 2.34. The molecule has 1 amide bonds. The van der Waals surface area contributed by atoms with Crippen molar-refractivity contribution in [2.24, 2.45) is 0 Å². The van der Waals surface area contributed by atoms with E-state index in [-0.39, 0.29) is 5.91 Å². The van der Waals surface area contributed by atoms with E-state index in [1.54, 1.807) is 23.5 Å². The van der Waals surface area contributed by atoms with Crippen molar-refractivity contribution < 1.29 is 4.79 Å². The highest BCUT2D eigenvalue weighted by atomic mass is 79.9. The summed E-state index contributed by atoms with van der Waals surface area (Å²) in [7, 11) is 0. The van der Waals surface area contributed by atoms with Gasteiger partial charge in [0.25, 0.3) is 0 Å². The largest absolute Gasteiger partial charge is 0.348 e. The minimum Gasteiger partial charge on any atom is -0.348 e. The van der Waals surface area contributed by atoms with Gasteiger partial charge in [-0.05, 0) is 39.0 Å². The molecule has 0 saturated carbocycles. The molecule has 2 aromatic rings. The standard InChI is InChI=1S/C14H12BrNOS/c15-12-8-9-18-13(12)10-16-14(17)7-6-11-4-2-1-3-5-11/h1-9H,10H2,(H,16,17). The molecule has 0 unspecified atom stereocenters. The number of benzene rings is 1. The Labute approximate surface area is 118 Å². The third kappa shape index (κ3) is 3.82. The lowest BCUT2D eigenvalue weighted by Gasteiger charge is -2.00. The lowest BCUT2D eigenvalue weighted by Crippen LogP contribution is -2.19. The van der Waals surface area contributed by atoms with Gasteiger partial charge in [0.15, 0.2) is 0 Å². The molecule has 0 aliphatic heterocycles. The Hall–Kier alpha value is -1.39. The van der Waals surface area contributed by atoms with Crippen molar-refractivity contribution in [1.82, 2.24) is 5.32 Å². The molecule has 4 heteroatoms. The van der Waals surface area contributed by atoms with Crippen LogP contribution in [0.4, 0.5) is 0 Å². The fraction of sp³-hybridized carbons (Fsp3) is 0.0714. The molecular weight excluding hydrogens is 310 g/mol. The van der Waals surface area contributed by atoms with Gasteiger partial charge in [0.2, 0.25) is 5.91 Å². The number of thiophene rings is 1. The van der Waals surface area contributed by atoms with Crippen molar-refractivity contribution in [2.75, 3.05) is 0 Å². The van der Waals surface area contributed by atoms with Gasteiger partial charge in [0.05, 0.1) is 6.54 Å². The van der Waals surface area contributed by atoms with Crippen molar-refractivity contribution in [3.63, 3.8) is 0 Å². The Morgan fingerprint density at radius 2 is 2.06 bits per heavy atom. The molecule has 1 aromatic heterocycles. The van der Waals surface area contributed by atoms with Gasteiger partial charge in [-0.3, -0.25) is 4.79 Å². The first kappa shape index (κ1) is 13.1. The summed E-state index contributed by atoms with van der Waals surface area (Å²) >= 11 is 5.05. The molecule has 1 aromatic carbocycles. The van der Waals surface area contributed by atoms with Crippen LogP contribution in [0.5, 0.6) is 0 Å². The molecule has 0 fully saturated rings. The van der Waals surface area contributed by atoms with Gasteiger partial charge in [0.1, 0.15) is 0 Å². The van der Waals surface area contributed by atoms with E-state index in [2.05, 4.69) is 21.2 Å². The Morgan fingerprint density at radius 3 is 2.72 bits per heavy atom. The molecule has 2 nitrogen and oxygen atoms in total. The van der Waals surface area contributed by atoms with Gasteiger partial charge in [-0.2, -0.15) is 0 Å². The molecule has 1 N–H and O–H groups in total. The summed E-state index contributed by atoms with van der Waals surface area (Å²) in [5, 5.41) is 4.84. The summed E-state index contributed by atoms with van der Waals surface area (Å²) < 4.78 is 1.04. The van der Waals surface area contributed by atoms with Crippen LogP contribution >= 0.6 is 27.3 Å². The number of hydrogen-bond donors (Lipinski definition) is 1. The quantitative estimate of drug-likeness (QED) is 0.852. The number of halogens is 1. The smallest absolute Gasteiger partial charge is 0.244 e. The highest BCUT2D eigenvalue weighted by molar-refractivity contribution is 9.10. The van der Waals surface area contributed by atoms with Crippen LogP contribution in [0.25, 0.3) is 6.08 Å². The van der Waals surface area contributed by atoms with Crippen molar-refractivity contribution in [3.8, 4) is 0 Å². The van der Waals surface area contributed by atoms with E-state index in [9.17, 15) is 4.79 Å². The first-order valence-electron chi connectivity index (χ1n) is 5.48.